The van der Waals surface area contributed by atoms with Gasteiger partial charge in [0.15, 0.2) is 0 Å². The number of amides is 4. The predicted molar refractivity (Wildman–Crippen MR) is 96.2 cm³/mol. The molecule has 0 unspecified atom stereocenters. The van der Waals surface area contributed by atoms with Gasteiger partial charge in [0, 0.05) is 25.2 Å². The van der Waals surface area contributed by atoms with E-state index in [1.54, 1.807) is 0 Å². The number of halogens is 1. The molecule has 0 spiro atoms. The molecule has 1 aromatic rings. The summed E-state index contributed by atoms with van der Waals surface area (Å²) >= 11 is 5.70. The lowest BCUT2D eigenvalue weighted by molar-refractivity contribution is -0.137. The van der Waals surface area contributed by atoms with E-state index >= 15 is 0 Å². The number of nitrogens with one attached hydrogen (secondary N) is 4. The number of hydrogen-bond donors (Lipinski definition) is 5. The molecule has 0 bridgehead atoms. The highest BCUT2D eigenvalue weighted by atomic mass is 35.5. The molecular weight excluding hydrogens is 378 g/mol. The molecule has 5 N–H and O–H groups in total. The number of aromatic nitrogens is 1. The van der Waals surface area contributed by atoms with Gasteiger partial charge in [0.05, 0.1) is 11.1 Å². The fourth-order valence-corrected chi connectivity index (χ4v) is 3.07. The van der Waals surface area contributed by atoms with Crippen LogP contribution in [-0.2, 0) is 14.4 Å². The second kappa shape index (κ2) is 9.17. The SMILES string of the molecule is CNC(=O)[C@H]1CC[C@H](NC(=O)C(=O)Nc2ccc(Cl)cn2)[C@H](NC(=O)O)C1. The first kappa shape index (κ1) is 20.4. The van der Waals surface area contributed by atoms with E-state index < -0.39 is 30.0 Å². The maximum atomic E-state index is 12.2. The number of anilines is 1. The fraction of sp³-hybridized carbons (Fsp3) is 0.438. The van der Waals surface area contributed by atoms with Gasteiger partial charge in [0.25, 0.3) is 0 Å². The van der Waals surface area contributed by atoms with Gasteiger partial charge in [-0.15, -0.1) is 0 Å². The standard InChI is InChI=1S/C16H20ClN5O5/c1-18-13(23)8-2-4-10(11(6-8)21-16(26)27)20-14(24)15(25)22-12-5-3-9(17)7-19-12/h3,5,7-8,10-11,21H,2,4,6H2,1H3,(H,18,23)(H,20,24)(H,26,27)(H,19,22,25)/t8-,10-,11+/m0/s1. The minimum atomic E-state index is -1.27. The van der Waals surface area contributed by atoms with Gasteiger partial charge in [-0.1, -0.05) is 11.6 Å². The number of carbonyl (C=O) groups is 4. The zero-order chi connectivity index (χ0) is 20.0. The Morgan fingerprint density at radius 2 is 1.85 bits per heavy atom. The monoisotopic (exact) mass is 397 g/mol. The van der Waals surface area contributed by atoms with Gasteiger partial charge in [0.2, 0.25) is 5.91 Å². The van der Waals surface area contributed by atoms with E-state index in [9.17, 15) is 19.2 Å². The molecule has 1 saturated carbocycles. The van der Waals surface area contributed by atoms with Crippen molar-refractivity contribution in [3.05, 3.63) is 23.4 Å². The number of carboxylic acid groups (broad SMARTS) is 1. The van der Waals surface area contributed by atoms with Gasteiger partial charge in [-0.2, -0.15) is 0 Å². The molecular formula is C16H20ClN5O5. The van der Waals surface area contributed by atoms with Crippen LogP contribution in [0.2, 0.25) is 5.02 Å². The summed E-state index contributed by atoms with van der Waals surface area (Å²) in [4.78, 5) is 50.9. The van der Waals surface area contributed by atoms with Crippen LogP contribution in [0.15, 0.2) is 18.3 Å². The molecule has 1 fully saturated rings. The van der Waals surface area contributed by atoms with Gasteiger partial charge in [-0.05, 0) is 31.4 Å². The van der Waals surface area contributed by atoms with Crippen LogP contribution in [-0.4, -0.2) is 53.0 Å². The first-order chi connectivity index (χ1) is 12.8. The zero-order valence-corrected chi connectivity index (χ0v) is 15.2. The Morgan fingerprint density at radius 1 is 1.11 bits per heavy atom. The van der Waals surface area contributed by atoms with Crippen LogP contribution in [0.3, 0.4) is 0 Å². The molecule has 1 aliphatic carbocycles. The van der Waals surface area contributed by atoms with Crippen molar-refractivity contribution in [3.63, 3.8) is 0 Å². The lowest BCUT2D eigenvalue weighted by Gasteiger charge is -2.35. The second-order valence-electron chi connectivity index (χ2n) is 6.08. The molecule has 2 rings (SSSR count). The average molecular weight is 398 g/mol. The Kier molecular flexibility index (Phi) is 6.94. The van der Waals surface area contributed by atoms with Crippen molar-refractivity contribution < 1.29 is 24.3 Å². The molecule has 0 saturated heterocycles. The molecule has 10 nitrogen and oxygen atoms in total. The van der Waals surface area contributed by atoms with E-state index in [0.717, 1.165) is 0 Å². The maximum absolute atomic E-state index is 12.2. The first-order valence-electron chi connectivity index (χ1n) is 8.24. The summed E-state index contributed by atoms with van der Waals surface area (Å²) in [6, 6.07) is 1.65. The molecule has 27 heavy (non-hydrogen) atoms. The van der Waals surface area contributed by atoms with Gasteiger partial charge in [-0.3, -0.25) is 14.4 Å². The zero-order valence-electron chi connectivity index (χ0n) is 14.5. The van der Waals surface area contributed by atoms with Crippen molar-refractivity contribution in [1.29, 1.82) is 0 Å². The van der Waals surface area contributed by atoms with Crippen molar-refractivity contribution >= 4 is 41.2 Å². The minimum absolute atomic E-state index is 0.156. The van der Waals surface area contributed by atoms with Gasteiger partial charge >= 0.3 is 17.9 Å². The van der Waals surface area contributed by atoms with Crippen LogP contribution in [0.1, 0.15) is 19.3 Å². The van der Waals surface area contributed by atoms with Crippen LogP contribution < -0.4 is 21.3 Å². The molecule has 1 aromatic heterocycles. The number of nitrogens with zero attached hydrogens (tertiary/aromatic N) is 1. The number of hydrogen-bond acceptors (Lipinski definition) is 5. The lowest BCUT2D eigenvalue weighted by Crippen LogP contribution is -2.57. The molecule has 11 heteroatoms. The number of pyridine rings is 1. The van der Waals surface area contributed by atoms with Gasteiger partial charge in [-0.25, -0.2) is 9.78 Å². The Hall–Kier alpha value is -2.88. The minimum Gasteiger partial charge on any atom is -0.465 e. The lowest BCUT2D eigenvalue weighted by atomic mass is 9.81. The van der Waals surface area contributed by atoms with Crippen LogP contribution in [0.4, 0.5) is 10.6 Å². The second-order valence-corrected chi connectivity index (χ2v) is 6.51. The summed E-state index contributed by atoms with van der Waals surface area (Å²) in [5.41, 5.74) is 0. The Bertz CT molecular complexity index is 726. The van der Waals surface area contributed by atoms with Gasteiger partial charge in [0.1, 0.15) is 5.82 Å². The van der Waals surface area contributed by atoms with E-state index in [1.165, 1.54) is 25.4 Å². The highest BCUT2D eigenvalue weighted by Gasteiger charge is 2.36. The van der Waals surface area contributed by atoms with E-state index in [4.69, 9.17) is 16.7 Å². The largest absolute Gasteiger partial charge is 0.465 e. The van der Waals surface area contributed by atoms with Gasteiger partial charge < -0.3 is 26.4 Å². The molecule has 4 amide bonds. The Balaban J connectivity index is 1.98. The van der Waals surface area contributed by atoms with Crippen LogP contribution in [0.5, 0.6) is 0 Å². The predicted octanol–water partition coefficient (Wildman–Crippen LogP) is 0.341. The van der Waals surface area contributed by atoms with Crippen LogP contribution in [0, 0.1) is 5.92 Å². The molecule has 1 aliphatic rings. The quantitative estimate of drug-likeness (QED) is 0.462. The van der Waals surface area contributed by atoms with E-state index in [-0.39, 0.29) is 24.1 Å². The fourth-order valence-electron chi connectivity index (χ4n) is 2.96. The first-order valence-corrected chi connectivity index (χ1v) is 8.62. The number of rotatable bonds is 4. The summed E-state index contributed by atoms with van der Waals surface area (Å²) < 4.78 is 0. The van der Waals surface area contributed by atoms with E-state index in [1.807, 2.05) is 0 Å². The third kappa shape index (κ3) is 5.81. The molecule has 0 aliphatic heterocycles. The molecule has 1 heterocycles. The third-order valence-electron chi connectivity index (χ3n) is 4.27. The molecule has 146 valence electrons. The van der Waals surface area contributed by atoms with Crippen molar-refractivity contribution in [1.82, 2.24) is 20.9 Å². The molecule has 3 atom stereocenters. The summed E-state index contributed by atoms with van der Waals surface area (Å²) in [6.45, 7) is 0. The summed E-state index contributed by atoms with van der Waals surface area (Å²) in [6.07, 6.45) is 1.08. The highest BCUT2D eigenvalue weighted by Crippen LogP contribution is 2.25. The van der Waals surface area contributed by atoms with E-state index in [0.29, 0.717) is 17.9 Å². The van der Waals surface area contributed by atoms with Crippen molar-refractivity contribution in [2.75, 3.05) is 12.4 Å². The van der Waals surface area contributed by atoms with Crippen molar-refractivity contribution in [3.8, 4) is 0 Å². The Morgan fingerprint density at radius 3 is 2.44 bits per heavy atom. The summed E-state index contributed by atoms with van der Waals surface area (Å²) in [5.74, 6) is -2.27. The number of carbonyl (C=O) groups excluding carboxylic acids is 3. The third-order valence-corrected chi connectivity index (χ3v) is 4.49. The summed E-state index contributed by atoms with van der Waals surface area (Å²) in [5, 5.41) is 19.1. The highest BCUT2D eigenvalue weighted by molar-refractivity contribution is 6.39. The maximum Gasteiger partial charge on any atom is 0.404 e. The smallest absolute Gasteiger partial charge is 0.404 e. The van der Waals surface area contributed by atoms with E-state index in [2.05, 4.69) is 26.3 Å². The average Bonchev–Trinajstić information content (AvgIpc) is 2.63. The van der Waals surface area contributed by atoms with Crippen molar-refractivity contribution in [2.24, 2.45) is 5.92 Å². The normalized spacial score (nSPS) is 21.6. The Labute approximate surface area is 160 Å². The molecule has 0 aromatic carbocycles. The van der Waals surface area contributed by atoms with Crippen molar-refractivity contribution in [2.45, 2.75) is 31.3 Å². The topological polar surface area (TPSA) is 150 Å². The molecule has 0 radical (unpaired) electrons. The van der Waals surface area contributed by atoms with Crippen LogP contribution in [0.25, 0.3) is 0 Å². The van der Waals surface area contributed by atoms with Crippen LogP contribution >= 0.6 is 11.6 Å². The summed E-state index contributed by atoms with van der Waals surface area (Å²) in [7, 11) is 1.50.